The highest BCUT2D eigenvalue weighted by Crippen LogP contribution is 2.38. The molecule has 0 saturated carbocycles. The predicted octanol–water partition coefficient (Wildman–Crippen LogP) is 4.92. The number of pyridine rings is 1. The molecule has 2 aromatic heterocycles. The number of alkyl halides is 3. The second-order valence-electron chi connectivity index (χ2n) is 6.47. The van der Waals surface area contributed by atoms with E-state index in [1.54, 1.807) is 48.7 Å². The van der Waals surface area contributed by atoms with E-state index in [1.807, 2.05) is 6.07 Å². The van der Waals surface area contributed by atoms with Gasteiger partial charge in [0.2, 0.25) is 0 Å². The highest BCUT2D eigenvalue weighted by atomic mass is 19.4. The molecule has 0 fully saturated rings. The van der Waals surface area contributed by atoms with Crippen molar-refractivity contribution >= 4 is 0 Å². The Balaban J connectivity index is 1.72. The highest BCUT2D eigenvalue weighted by molar-refractivity contribution is 5.61. The Morgan fingerprint density at radius 2 is 1.57 bits per heavy atom. The summed E-state index contributed by atoms with van der Waals surface area (Å²) in [5.41, 5.74) is 0.227. The maximum atomic E-state index is 12.3. The number of hydrogen-bond acceptors (Lipinski definition) is 5. The van der Waals surface area contributed by atoms with Crippen LogP contribution in [0.3, 0.4) is 0 Å². The van der Waals surface area contributed by atoms with Crippen LogP contribution in [0.1, 0.15) is 16.9 Å². The highest BCUT2D eigenvalue weighted by Gasteiger charge is 2.38. The third-order valence-corrected chi connectivity index (χ3v) is 4.52. The van der Waals surface area contributed by atoms with Gasteiger partial charge in [0.25, 0.3) is 0 Å². The van der Waals surface area contributed by atoms with Gasteiger partial charge in [-0.25, -0.2) is 0 Å². The van der Waals surface area contributed by atoms with E-state index in [1.165, 1.54) is 30.5 Å². The summed E-state index contributed by atoms with van der Waals surface area (Å²) >= 11 is 0. The number of ether oxygens (including phenoxy) is 1. The SMILES string of the molecule is OC(c1ccccc1)(c1cccnc1)c1cc(-c2ccc(OC(F)(F)F)cc2)no1. The third kappa shape index (κ3) is 3.90. The number of halogens is 3. The molecule has 0 saturated heterocycles. The molecule has 30 heavy (non-hydrogen) atoms. The minimum atomic E-state index is -4.77. The Morgan fingerprint density at radius 1 is 0.867 bits per heavy atom. The molecule has 5 nitrogen and oxygen atoms in total. The van der Waals surface area contributed by atoms with Gasteiger partial charge < -0.3 is 14.4 Å². The van der Waals surface area contributed by atoms with Crippen LogP contribution >= 0.6 is 0 Å². The molecule has 0 bridgehead atoms. The van der Waals surface area contributed by atoms with E-state index in [4.69, 9.17) is 4.52 Å². The first kappa shape index (κ1) is 19.7. The quantitative estimate of drug-likeness (QED) is 0.504. The summed E-state index contributed by atoms with van der Waals surface area (Å²) in [6, 6.07) is 19.1. The molecule has 0 spiro atoms. The molecule has 1 atom stereocenters. The average Bonchev–Trinajstić information content (AvgIpc) is 3.25. The van der Waals surface area contributed by atoms with Crippen molar-refractivity contribution in [2.45, 2.75) is 12.0 Å². The van der Waals surface area contributed by atoms with E-state index in [0.717, 1.165) is 0 Å². The molecular weight excluding hydrogens is 397 g/mol. The van der Waals surface area contributed by atoms with Crippen LogP contribution in [0.25, 0.3) is 11.3 Å². The van der Waals surface area contributed by atoms with Gasteiger partial charge in [0.1, 0.15) is 11.4 Å². The molecule has 0 aliphatic rings. The van der Waals surface area contributed by atoms with Crippen LogP contribution < -0.4 is 4.74 Å². The minimum absolute atomic E-state index is 0.146. The molecular formula is C22H15F3N2O3. The normalized spacial score (nSPS) is 13.6. The van der Waals surface area contributed by atoms with Crippen molar-refractivity contribution in [3.63, 3.8) is 0 Å². The van der Waals surface area contributed by atoms with Crippen LogP contribution in [0.2, 0.25) is 0 Å². The van der Waals surface area contributed by atoms with Crippen molar-refractivity contribution in [1.82, 2.24) is 10.1 Å². The monoisotopic (exact) mass is 412 g/mol. The first-order chi connectivity index (χ1) is 14.4. The lowest BCUT2D eigenvalue weighted by molar-refractivity contribution is -0.274. The lowest BCUT2D eigenvalue weighted by atomic mass is 9.85. The Kier molecular flexibility index (Phi) is 5.01. The molecule has 2 aromatic carbocycles. The summed E-state index contributed by atoms with van der Waals surface area (Å²) in [6.07, 6.45) is -1.65. The topological polar surface area (TPSA) is 68.4 Å². The number of benzene rings is 2. The van der Waals surface area contributed by atoms with E-state index in [0.29, 0.717) is 22.4 Å². The van der Waals surface area contributed by atoms with Gasteiger partial charge in [-0.3, -0.25) is 4.98 Å². The summed E-state index contributed by atoms with van der Waals surface area (Å²) in [5, 5.41) is 15.6. The second-order valence-corrected chi connectivity index (χ2v) is 6.47. The predicted molar refractivity (Wildman–Crippen MR) is 101 cm³/mol. The molecule has 1 N–H and O–H groups in total. The number of aliphatic hydroxyl groups is 1. The van der Waals surface area contributed by atoms with Crippen molar-refractivity contribution in [1.29, 1.82) is 0 Å². The first-order valence-corrected chi connectivity index (χ1v) is 8.88. The summed E-state index contributed by atoms with van der Waals surface area (Å²) in [7, 11) is 0. The minimum Gasteiger partial charge on any atom is -0.406 e. The zero-order valence-electron chi connectivity index (χ0n) is 15.4. The molecule has 0 aliphatic carbocycles. The zero-order valence-corrected chi connectivity index (χ0v) is 15.4. The van der Waals surface area contributed by atoms with Crippen molar-refractivity contribution in [3.05, 3.63) is 102 Å². The smallest absolute Gasteiger partial charge is 0.406 e. The molecule has 2 heterocycles. The van der Waals surface area contributed by atoms with Crippen molar-refractivity contribution in [2.75, 3.05) is 0 Å². The van der Waals surface area contributed by atoms with Crippen LogP contribution in [0.15, 0.2) is 89.7 Å². The molecule has 1 unspecified atom stereocenters. The largest absolute Gasteiger partial charge is 0.573 e. The molecule has 8 heteroatoms. The van der Waals surface area contributed by atoms with Crippen molar-refractivity contribution in [2.24, 2.45) is 0 Å². The number of aromatic nitrogens is 2. The molecule has 0 amide bonds. The van der Waals surface area contributed by atoms with Crippen LogP contribution in [-0.4, -0.2) is 21.6 Å². The van der Waals surface area contributed by atoms with Gasteiger partial charge in [-0.2, -0.15) is 0 Å². The zero-order chi connectivity index (χ0) is 21.2. The van der Waals surface area contributed by atoms with Crippen molar-refractivity contribution < 1.29 is 27.5 Å². The van der Waals surface area contributed by atoms with Crippen LogP contribution in [0.4, 0.5) is 13.2 Å². The van der Waals surface area contributed by atoms with Gasteiger partial charge >= 0.3 is 6.36 Å². The second kappa shape index (κ2) is 7.64. The maximum absolute atomic E-state index is 12.3. The Bertz CT molecular complexity index is 1070. The van der Waals surface area contributed by atoms with Gasteiger partial charge in [0.15, 0.2) is 11.4 Å². The van der Waals surface area contributed by atoms with E-state index in [2.05, 4.69) is 14.9 Å². The van der Waals surface area contributed by atoms with Gasteiger partial charge in [-0.1, -0.05) is 41.6 Å². The first-order valence-electron chi connectivity index (χ1n) is 8.88. The van der Waals surface area contributed by atoms with Crippen LogP contribution in [0.5, 0.6) is 5.75 Å². The fourth-order valence-electron chi connectivity index (χ4n) is 3.12. The number of hydrogen-bond donors (Lipinski definition) is 1. The fraction of sp³-hybridized carbons (Fsp3) is 0.0909. The third-order valence-electron chi connectivity index (χ3n) is 4.52. The summed E-state index contributed by atoms with van der Waals surface area (Å²) in [6.45, 7) is 0. The fourth-order valence-corrected chi connectivity index (χ4v) is 3.12. The Morgan fingerprint density at radius 3 is 2.20 bits per heavy atom. The summed E-state index contributed by atoms with van der Waals surface area (Å²) < 4.78 is 46.4. The van der Waals surface area contributed by atoms with Gasteiger partial charge in [0, 0.05) is 29.6 Å². The molecule has 4 rings (SSSR count). The standard InChI is InChI=1S/C22H15F3N2O3/c23-22(24,25)29-18-10-8-15(9-11-18)19-13-20(30-27-19)21(28,16-5-2-1-3-6-16)17-7-4-12-26-14-17/h1-14,28H. The van der Waals surface area contributed by atoms with Crippen LogP contribution in [-0.2, 0) is 5.60 Å². The van der Waals surface area contributed by atoms with Crippen LogP contribution in [0, 0.1) is 0 Å². The average molecular weight is 412 g/mol. The molecule has 0 radical (unpaired) electrons. The lowest BCUT2D eigenvalue weighted by Gasteiger charge is -2.26. The van der Waals surface area contributed by atoms with Crippen molar-refractivity contribution in [3.8, 4) is 17.0 Å². The van der Waals surface area contributed by atoms with E-state index in [-0.39, 0.29) is 11.5 Å². The molecule has 4 aromatic rings. The van der Waals surface area contributed by atoms with E-state index >= 15 is 0 Å². The van der Waals surface area contributed by atoms with Gasteiger partial charge in [0.05, 0.1) is 0 Å². The lowest BCUT2D eigenvalue weighted by Crippen LogP contribution is -2.28. The molecule has 152 valence electrons. The molecule has 0 aliphatic heterocycles. The van der Waals surface area contributed by atoms with Gasteiger partial charge in [-0.05, 0) is 35.9 Å². The Hall–Kier alpha value is -3.65. The number of nitrogens with zero attached hydrogens (tertiary/aromatic N) is 2. The van der Waals surface area contributed by atoms with E-state index in [9.17, 15) is 18.3 Å². The number of rotatable bonds is 5. The van der Waals surface area contributed by atoms with Gasteiger partial charge in [-0.15, -0.1) is 13.2 Å². The maximum Gasteiger partial charge on any atom is 0.573 e. The van der Waals surface area contributed by atoms with E-state index < -0.39 is 12.0 Å². The summed E-state index contributed by atoms with van der Waals surface area (Å²) in [5.74, 6) is -0.196. The summed E-state index contributed by atoms with van der Waals surface area (Å²) in [4.78, 5) is 4.08. The Labute approximate surface area is 169 Å².